The number of phenols is 1. The van der Waals surface area contributed by atoms with Crippen molar-refractivity contribution in [1.29, 1.82) is 0 Å². The summed E-state index contributed by atoms with van der Waals surface area (Å²) in [5.41, 5.74) is 0.824. The molecule has 0 radical (unpaired) electrons. The minimum atomic E-state index is -0.0665. The van der Waals surface area contributed by atoms with E-state index in [1.165, 1.54) is 25.7 Å². The summed E-state index contributed by atoms with van der Waals surface area (Å²) in [5, 5.41) is 12.9. The van der Waals surface area contributed by atoms with Gasteiger partial charge in [-0.15, -0.1) is 0 Å². The lowest BCUT2D eigenvalue weighted by atomic mass is 9.77. The van der Waals surface area contributed by atoms with Crippen LogP contribution in [0.5, 0.6) is 5.75 Å². The molecular formula is C17H24N2O2. The van der Waals surface area contributed by atoms with E-state index in [0.717, 1.165) is 24.4 Å². The Labute approximate surface area is 126 Å². The Morgan fingerprint density at radius 3 is 2.62 bits per heavy atom. The highest BCUT2D eigenvalue weighted by Gasteiger charge is 2.35. The van der Waals surface area contributed by atoms with Gasteiger partial charge in [-0.1, -0.05) is 12.8 Å². The standard InChI is InChI=1S/C17H24N2O2/c1-19(13-7-9-14(20)10-8-13)17(21)16-11-6-12-4-2-3-5-15(12)18-16/h7-10,12,15-16,18,20H,2-6,11H2,1H3. The molecule has 0 aromatic heterocycles. The number of likely N-dealkylation sites (N-methyl/N-ethyl adjacent to an activating group) is 1. The fraction of sp³-hybridized carbons (Fsp3) is 0.588. The molecule has 2 fully saturated rings. The summed E-state index contributed by atoms with van der Waals surface area (Å²) in [5.74, 6) is 1.12. The summed E-state index contributed by atoms with van der Waals surface area (Å²) < 4.78 is 0. The Morgan fingerprint density at radius 1 is 1.14 bits per heavy atom. The van der Waals surface area contributed by atoms with Crippen LogP contribution in [0, 0.1) is 5.92 Å². The molecule has 1 aliphatic heterocycles. The van der Waals surface area contributed by atoms with Crippen LogP contribution in [0.1, 0.15) is 38.5 Å². The minimum absolute atomic E-state index is 0.0665. The van der Waals surface area contributed by atoms with Crippen molar-refractivity contribution in [1.82, 2.24) is 5.32 Å². The molecule has 1 saturated carbocycles. The SMILES string of the molecule is CN(C(=O)C1CCC2CCCCC2N1)c1ccc(O)cc1. The Bertz CT molecular complexity index is 500. The van der Waals surface area contributed by atoms with Gasteiger partial charge in [0.05, 0.1) is 6.04 Å². The molecule has 114 valence electrons. The van der Waals surface area contributed by atoms with Gasteiger partial charge in [0.15, 0.2) is 0 Å². The molecule has 2 N–H and O–H groups in total. The van der Waals surface area contributed by atoms with Gasteiger partial charge in [-0.2, -0.15) is 0 Å². The average molecular weight is 288 g/mol. The van der Waals surface area contributed by atoms with Crippen LogP contribution in [-0.2, 0) is 4.79 Å². The lowest BCUT2D eigenvalue weighted by Gasteiger charge is -2.40. The second kappa shape index (κ2) is 6.06. The van der Waals surface area contributed by atoms with Crippen molar-refractivity contribution in [3.05, 3.63) is 24.3 Å². The number of piperidine rings is 1. The van der Waals surface area contributed by atoms with Crippen LogP contribution in [0.15, 0.2) is 24.3 Å². The van der Waals surface area contributed by atoms with Crippen molar-refractivity contribution in [3.8, 4) is 5.75 Å². The molecule has 21 heavy (non-hydrogen) atoms. The maximum atomic E-state index is 12.7. The number of rotatable bonds is 2. The highest BCUT2D eigenvalue weighted by Crippen LogP contribution is 2.32. The summed E-state index contributed by atoms with van der Waals surface area (Å²) in [4.78, 5) is 14.4. The zero-order valence-electron chi connectivity index (χ0n) is 12.6. The number of carbonyl (C=O) groups excluding carboxylic acids is 1. The molecule has 1 saturated heterocycles. The van der Waals surface area contributed by atoms with Gasteiger partial charge in [-0.05, 0) is 55.9 Å². The third kappa shape index (κ3) is 3.05. The Balaban J connectivity index is 1.66. The summed E-state index contributed by atoms with van der Waals surface area (Å²) in [6.07, 6.45) is 7.24. The number of nitrogens with zero attached hydrogens (tertiary/aromatic N) is 1. The zero-order chi connectivity index (χ0) is 14.8. The normalized spacial score (nSPS) is 28.7. The van der Waals surface area contributed by atoms with E-state index in [-0.39, 0.29) is 17.7 Å². The van der Waals surface area contributed by atoms with E-state index in [9.17, 15) is 9.90 Å². The highest BCUT2D eigenvalue weighted by atomic mass is 16.3. The number of hydrogen-bond donors (Lipinski definition) is 2. The Hall–Kier alpha value is -1.55. The van der Waals surface area contributed by atoms with Crippen LogP contribution >= 0.6 is 0 Å². The van der Waals surface area contributed by atoms with Crippen LogP contribution in [0.2, 0.25) is 0 Å². The third-order valence-electron chi connectivity index (χ3n) is 5.02. The van der Waals surface area contributed by atoms with Crippen LogP contribution in [0.25, 0.3) is 0 Å². The summed E-state index contributed by atoms with van der Waals surface area (Å²) in [6, 6.07) is 7.24. The van der Waals surface area contributed by atoms with Crippen molar-refractivity contribution in [2.75, 3.05) is 11.9 Å². The van der Waals surface area contributed by atoms with E-state index in [1.54, 1.807) is 29.2 Å². The predicted octanol–water partition coefficient (Wildman–Crippen LogP) is 2.67. The van der Waals surface area contributed by atoms with Crippen molar-refractivity contribution in [2.45, 2.75) is 50.6 Å². The number of anilines is 1. The molecule has 3 unspecified atom stereocenters. The van der Waals surface area contributed by atoms with E-state index in [4.69, 9.17) is 0 Å². The van der Waals surface area contributed by atoms with E-state index in [1.807, 2.05) is 7.05 Å². The van der Waals surface area contributed by atoms with Crippen molar-refractivity contribution >= 4 is 11.6 Å². The molecule has 0 spiro atoms. The van der Waals surface area contributed by atoms with Crippen molar-refractivity contribution in [3.63, 3.8) is 0 Å². The average Bonchev–Trinajstić information content (AvgIpc) is 2.54. The first-order valence-electron chi connectivity index (χ1n) is 7.98. The summed E-state index contributed by atoms with van der Waals surface area (Å²) in [7, 11) is 1.81. The quantitative estimate of drug-likeness (QED) is 0.879. The maximum Gasteiger partial charge on any atom is 0.243 e. The van der Waals surface area contributed by atoms with Crippen LogP contribution in [0.4, 0.5) is 5.69 Å². The fourth-order valence-corrected chi connectivity index (χ4v) is 3.73. The predicted molar refractivity (Wildman–Crippen MR) is 83.4 cm³/mol. The molecule has 4 nitrogen and oxygen atoms in total. The lowest BCUT2D eigenvalue weighted by molar-refractivity contribution is -0.121. The summed E-state index contributed by atoms with van der Waals surface area (Å²) >= 11 is 0. The lowest BCUT2D eigenvalue weighted by Crippen LogP contribution is -2.55. The van der Waals surface area contributed by atoms with Crippen LogP contribution in [0.3, 0.4) is 0 Å². The van der Waals surface area contributed by atoms with Crippen LogP contribution < -0.4 is 10.2 Å². The van der Waals surface area contributed by atoms with Gasteiger partial charge in [0, 0.05) is 18.8 Å². The van der Waals surface area contributed by atoms with E-state index >= 15 is 0 Å². The number of carbonyl (C=O) groups is 1. The largest absolute Gasteiger partial charge is 0.508 e. The van der Waals surface area contributed by atoms with Gasteiger partial charge in [0.2, 0.25) is 5.91 Å². The summed E-state index contributed by atoms with van der Waals surface area (Å²) in [6.45, 7) is 0. The number of amides is 1. The first-order valence-corrected chi connectivity index (χ1v) is 7.98. The molecule has 1 heterocycles. The molecule has 1 aromatic rings. The smallest absolute Gasteiger partial charge is 0.243 e. The highest BCUT2D eigenvalue weighted by molar-refractivity contribution is 5.96. The second-order valence-corrected chi connectivity index (χ2v) is 6.36. The van der Waals surface area contributed by atoms with Gasteiger partial charge in [0.1, 0.15) is 5.75 Å². The topological polar surface area (TPSA) is 52.6 Å². The van der Waals surface area contributed by atoms with Gasteiger partial charge in [-0.25, -0.2) is 0 Å². The molecule has 2 aliphatic rings. The second-order valence-electron chi connectivity index (χ2n) is 6.36. The van der Waals surface area contributed by atoms with E-state index in [0.29, 0.717) is 6.04 Å². The Kier molecular flexibility index (Phi) is 4.15. The molecule has 1 aliphatic carbocycles. The molecule has 3 atom stereocenters. The maximum absolute atomic E-state index is 12.7. The van der Waals surface area contributed by atoms with Crippen molar-refractivity contribution < 1.29 is 9.90 Å². The number of fused-ring (bicyclic) bond motifs is 1. The van der Waals surface area contributed by atoms with Gasteiger partial charge < -0.3 is 15.3 Å². The molecule has 1 aromatic carbocycles. The van der Waals surface area contributed by atoms with Crippen LogP contribution in [-0.4, -0.2) is 30.1 Å². The number of benzene rings is 1. The number of hydrogen-bond acceptors (Lipinski definition) is 3. The molecule has 0 bridgehead atoms. The fourth-order valence-electron chi connectivity index (χ4n) is 3.73. The van der Waals surface area contributed by atoms with E-state index < -0.39 is 0 Å². The molecule has 1 amide bonds. The monoisotopic (exact) mass is 288 g/mol. The first kappa shape index (κ1) is 14.4. The number of phenolic OH excluding ortho intramolecular Hbond substituents is 1. The van der Waals surface area contributed by atoms with Gasteiger partial charge in [0.25, 0.3) is 0 Å². The molecule has 3 rings (SSSR count). The third-order valence-corrected chi connectivity index (χ3v) is 5.02. The minimum Gasteiger partial charge on any atom is -0.508 e. The number of aromatic hydroxyl groups is 1. The zero-order valence-corrected chi connectivity index (χ0v) is 12.6. The number of nitrogens with one attached hydrogen (secondary N) is 1. The molecule has 4 heteroatoms. The first-order chi connectivity index (χ1) is 10.1. The Morgan fingerprint density at radius 2 is 1.86 bits per heavy atom. The van der Waals surface area contributed by atoms with E-state index in [2.05, 4.69) is 5.32 Å². The van der Waals surface area contributed by atoms with Gasteiger partial charge in [-0.3, -0.25) is 4.79 Å². The van der Waals surface area contributed by atoms with Crippen molar-refractivity contribution in [2.24, 2.45) is 5.92 Å². The van der Waals surface area contributed by atoms with Gasteiger partial charge >= 0.3 is 0 Å². The molecular weight excluding hydrogens is 264 g/mol.